The van der Waals surface area contributed by atoms with Gasteiger partial charge in [-0.15, -0.1) is 0 Å². The van der Waals surface area contributed by atoms with E-state index in [9.17, 15) is 0 Å². The van der Waals surface area contributed by atoms with Gasteiger partial charge < -0.3 is 14.4 Å². The van der Waals surface area contributed by atoms with Gasteiger partial charge in [-0.2, -0.15) is 0 Å². The minimum absolute atomic E-state index is 0.0258. The van der Waals surface area contributed by atoms with Crippen molar-refractivity contribution in [2.75, 3.05) is 24.2 Å². The van der Waals surface area contributed by atoms with Crippen LogP contribution in [0.4, 0.5) is 11.4 Å². The first-order valence-corrected chi connectivity index (χ1v) is 11.9. The largest absolute Gasteiger partial charge is 0.497 e. The van der Waals surface area contributed by atoms with E-state index < -0.39 is 5.60 Å². The van der Waals surface area contributed by atoms with Crippen LogP contribution in [-0.2, 0) is 4.84 Å². The van der Waals surface area contributed by atoms with Crippen LogP contribution in [0.5, 0.6) is 11.5 Å². The van der Waals surface area contributed by atoms with E-state index in [0.29, 0.717) is 0 Å². The predicted molar refractivity (Wildman–Crippen MR) is 140 cm³/mol. The molecule has 2 atom stereocenters. The number of anilines is 2. The molecule has 0 unspecified atom stereocenters. The van der Waals surface area contributed by atoms with E-state index in [1.807, 2.05) is 47.5 Å². The van der Waals surface area contributed by atoms with Crippen molar-refractivity contribution in [3.05, 3.63) is 84.4 Å². The molecule has 0 aromatic heterocycles. The zero-order valence-electron chi connectivity index (χ0n) is 20.0. The normalized spacial score (nSPS) is 23.5. The molecule has 2 saturated heterocycles. The molecule has 0 amide bonds. The summed E-state index contributed by atoms with van der Waals surface area (Å²) < 4.78 is 10.7. The minimum atomic E-state index is -0.584. The number of hydrogen-bond acceptors (Lipinski definition) is 5. The Hall–Kier alpha value is -3.09. The molecule has 3 aromatic rings. The zero-order chi connectivity index (χ0) is 23.9. The molecule has 0 N–H and O–H groups in total. The SMILES string of the molecule is COc1ccc([C@@H]2C[C@@]3(CC(C)(C)N(c4ccc(OC)cc4)C3=S)ON2c2ccccc2)cc1. The van der Waals surface area contributed by atoms with Gasteiger partial charge in [-0.1, -0.05) is 42.5 Å². The fourth-order valence-corrected chi connectivity index (χ4v) is 5.88. The van der Waals surface area contributed by atoms with Crippen molar-refractivity contribution >= 4 is 28.6 Å². The predicted octanol–water partition coefficient (Wildman–Crippen LogP) is 6.34. The third-order valence-electron chi connectivity index (χ3n) is 6.84. The molecule has 2 fully saturated rings. The van der Waals surface area contributed by atoms with E-state index in [0.717, 1.165) is 40.7 Å². The second-order valence-corrected chi connectivity index (χ2v) is 9.95. The molecule has 0 saturated carbocycles. The number of benzene rings is 3. The third kappa shape index (κ3) is 3.81. The summed E-state index contributed by atoms with van der Waals surface area (Å²) in [5.41, 5.74) is 2.45. The summed E-state index contributed by atoms with van der Waals surface area (Å²) in [7, 11) is 3.37. The highest BCUT2D eigenvalue weighted by Gasteiger charge is 2.60. The van der Waals surface area contributed by atoms with E-state index in [-0.39, 0.29) is 11.6 Å². The number of thiocarbonyl (C=S) groups is 1. The number of ether oxygens (including phenoxy) is 2. The monoisotopic (exact) mass is 474 g/mol. The van der Waals surface area contributed by atoms with Crippen LogP contribution in [0.25, 0.3) is 0 Å². The van der Waals surface area contributed by atoms with Gasteiger partial charge in [0.25, 0.3) is 0 Å². The molecule has 34 heavy (non-hydrogen) atoms. The van der Waals surface area contributed by atoms with Crippen molar-refractivity contribution in [3.8, 4) is 11.5 Å². The van der Waals surface area contributed by atoms with Crippen LogP contribution in [0.3, 0.4) is 0 Å². The van der Waals surface area contributed by atoms with Gasteiger partial charge in [0.15, 0.2) is 5.60 Å². The van der Waals surface area contributed by atoms with Crippen molar-refractivity contribution in [3.63, 3.8) is 0 Å². The number of methoxy groups -OCH3 is 2. The zero-order valence-corrected chi connectivity index (χ0v) is 20.8. The van der Waals surface area contributed by atoms with E-state index >= 15 is 0 Å². The topological polar surface area (TPSA) is 34.2 Å². The quantitative estimate of drug-likeness (QED) is 0.401. The Morgan fingerprint density at radius 1 is 0.824 bits per heavy atom. The summed E-state index contributed by atoms with van der Waals surface area (Å²) in [6.07, 6.45) is 1.56. The lowest BCUT2D eigenvalue weighted by Gasteiger charge is -2.33. The number of nitrogens with zero attached hydrogens (tertiary/aromatic N) is 2. The second-order valence-electron chi connectivity index (χ2n) is 9.57. The Labute approximate surface area is 206 Å². The third-order valence-corrected chi connectivity index (χ3v) is 7.39. The number of rotatable bonds is 5. The van der Waals surface area contributed by atoms with Gasteiger partial charge >= 0.3 is 0 Å². The van der Waals surface area contributed by atoms with Gasteiger partial charge in [0.05, 0.1) is 25.9 Å². The molecule has 5 rings (SSSR count). The van der Waals surface area contributed by atoms with Gasteiger partial charge in [-0.25, -0.2) is 5.06 Å². The summed E-state index contributed by atoms with van der Waals surface area (Å²) in [5, 5.41) is 2.04. The molecule has 6 heteroatoms. The van der Waals surface area contributed by atoms with Gasteiger partial charge in [0, 0.05) is 24.1 Å². The minimum Gasteiger partial charge on any atom is -0.497 e. The van der Waals surface area contributed by atoms with Crippen LogP contribution >= 0.6 is 12.2 Å². The highest BCUT2D eigenvalue weighted by atomic mass is 32.1. The summed E-state index contributed by atoms with van der Waals surface area (Å²) in [5.74, 6) is 1.67. The molecular weight excluding hydrogens is 444 g/mol. The van der Waals surface area contributed by atoms with Crippen molar-refractivity contribution in [2.45, 2.75) is 43.9 Å². The van der Waals surface area contributed by atoms with Gasteiger partial charge in [-0.3, -0.25) is 4.84 Å². The van der Waals surface area contributed by atoms with Crippen LogP contribution in [0.1, 0.15) is 38.3 Å². The van der Waals surface area contributed by atoms with E-state index in [1.165, 1.54) is 5.56 Å². The Bertz CT molecular complexity index is 1160. The van der Waals surface area contributed by atoms with Crippen LogP contribution < -0.4 is 19.4 Å². The first kappa shape index (κ1) is 22.7. The Morgan fingerprint density at radius 2 is 1.41 bits per heavy atom. The first-order valence-electron chi connectivity index (χ1n) is 11.5. The average Bonchev–Trinajstić information content (AvgIpc) is 3.33. The Balaban J connectivity index is 1.53. The maximum atomic E-state index is 6.86. The lowest BCUT2D eigenvalue weighted by atomic mass is 9.87. The van der Waals surface area contributed by atoms with Crippen LogP contribution in [0.15, 0.2) is 78.9 Å². The maximum absolute atomic E-state index is 6.86. The molecule has 0 radical (unpaired) electrons. The fourth-order valence-electron chi connectivity index (χ4n) is 5.33. The molecule has 2 heterocycles. The van der Waals surface area contributed by atoms with Crippen molar-refractivity contribution in [1.82, 2.24) is 0 Å². The summed E-state index contributed by atoms with van der Waals surface area (Å²) in [6, 6.07) is 26.6. The standard InChI is InChI=1S/C28H30N2O3S/c1-27(2)19-28(26(34)29(27)21-12-16-24(32-4)17-13-21)18-25(20-10-14-23(31-3)15-11-20)30(33-28)22-8-6-5-7-9-22/h5-17,25H,18-19H2,1-4H3/t25-,28-/m0/s1. The van der Waals surface area contributed by atoms with Crippen LogP contribution in [0.2, 0.25) is 0 Å². The number of para-hydroxylation sites is 1. The lowest BCUT2D eigenvalue weighted by molar-refractivity contribution is 0.0350. The summed E-state index contributed by atoms with van der Waals surface area (Å²) in [4.78, 5) is 9.93. The van der Waals surface area contributed by atoms with Crippen molar-refractivity contribution < 1.29 is 14.3 Å². The maximum Gasteiger partial charge on any atom is 0.151 e. The lowest BCUT2D eigenvalue weighted by Crippen LogP contribution is -2.42. The van der Waals surface area contributed by atoms with E-state index in [1.54, 1.807) is 14.2 Å². The highest BCUT2D eigenvalue weighted by Crippen LogP contribution is 2.53. The second kappa shape index (κ2) is 8.60. The summed E-state index contributed by atoms with van der Waals surface area (Å²) in [6.45, 7) is 4.46. The molecule has 3 aromatic carbocycles. The van der Waals surface area contributed by atoms with Gasteiger partial charge in [0.2, 0.25) is 0 Å². The number of hydroxylamine groups is 1. The van der Waals surface area contributed by atoms with Gasteiger partial charge in [0.1, 0.15) is 16.5 Å². The summed E-state index contributed by atoms with van der Waals surface area (Å²) >= 11 is 6.17. The molecule has 2 aliphatic heterocycles. The Kier molecular flexibility index (Phi) is 5.74. The van der Waals surface area contributed by atoms with Gasteiger partial charge in [-0.05, 0) is 67.9 Å². The highest BCUT2D eigenvalue weighted by molar-refractivity contribution is 7.80. The molecular formula is C28H30N2O3S. The molecule has 0 aliphatic carbocycles. The fraction of sp³-hybridized carbons (Fsp3) is 0.321. The van der Waals surface area contributed by atoms with E-state index in [4.69, 9.17) is 26.5 Å². The van der Waals surface area contributed by atoms with Crippen molar-refractivity contribution in [1.29, 1.82) is 0 Å². The van der Waals surface area contributed by atoms with Crippen LogP contribution in [0, 0.1) is 0 Å². The van der Waals surface area contributed by atoms with E-state index in [2.05, 4.69) is 55.1 Å². The molecule has 2 aliphatic rings. The van der Waals surface area contributed by atoms with Crippen LogP contribution in [-0.4, -0.2) is 30.3 Å². The average molecular weight is 475 g/mol. The molecule has 176 valence electrons. The first-order chi connectivity index (χ1) is 16.4. The molecule has 1 spiro atoms. The molecule has 0 bridgehead atoms. The molecule has 5 nitrogen and oxygen atoms in total. The number of hydrogen-bond donors (Lipinski definition) is 0. The smallest absolute Gasteiger partial charge is 0.151 e. The Morgan fingerprint density at radius 3 is 2.00 bits per heavy atom. The van der Waals surface area contributed by atoms with Crippen molar-refractivity contribution in [2.24, 2.45) is 0 Å².